The maximum atomic E-state index is 5.02. The molecule has 0 aliphatic rings. The first-order valence-electron chi connectivity index (χ1n) is 17.9. The highest BCUT2D eigenvalue weighted by molar-refractivity contribution is 6.21. The Bertz CT molecular complexity index is 2860. The Morgan fingerprint density at radius 1 is 0.302 bits per heavy atom. The molecule has 0 unspecified atom stereocenters. The van der Waals surface area contributed by atoms with Crippen LogP contribution in [0.1, 0.15) is 0 Å². The highest BCUT2D eigenvalue weighted by Crippen LogP contribution is 2.39. The molecule has 0 spiro atoms. The van der Waals surface area contributed by atoms with Crippen molar-refractivity contribution in [2.75, 3.05) is 0 Å². The van der Waals surface area contributed by atoms with Crippen molar-refractivity contribution in [3.8, 4) is 62.1 Å². The highest BCUT2D eigenvalue weighted by Gasteiger charge is 2.17. The Morgan fingerprint density at radius 2 is 0.792 bits per heavy atom. The van der Waals surface area contributed by atoms with E-state index in [-0.39, 0.29) is 0 Å². The van der Waals surface area contributed by atoms with Crippen molar-refractivity contribution in [3.63, 3.8) is 0 Å². The van der Waals surface area contributed by atoms with E-state index in [1.165, 1.54) is 43.8 Å². The molecule has 0 aliphatic carbocycles. The molecule has 4 heteroatoms. The molecule has 248 valence electrons. The number of para-hydroxylation sites is 1. The van der Waals surface area contributed by atoms with Crippen molar-refractivity contribution in [2.24, 2.45) is 0 Å². The Kier molecular flexibility index (Phi) is 7.43. The van der Waals surface area contributed by atoms with Gasteiger partial charge in [-0.25, -0.2) is 15.0 Å². The molecule has 2 aromatic heterocycles. The van der Waals surface area contributed by atoms with Gasteiger partial charge in [-0.05, 0) is 63.4 Å². The van der Waals surface area contributed by atoms with E-state index in [1.54, 1.807) is 0 Å². The first-order valence-corrected chi connectivity index (χ1v) is 17.9. The molecule has 2 heterocycles. The topological polar surface area (TPSA) is 43.6 Å². The molecule has 8 aromatic carbocycles. The second-order valence-electron chi connectivity index (χ2n) is 13.3. The molecule has 10 rings (SSSR count). The largest absolute Gasteiger partial charge is 0.309 e. The molecular weight excluding hydrogens is 645 g/mol. The first kappa shape index (κ1) is 30.6. The third-order valence-electron chi connectivity index (χ3n) is 10.0. The summed E-state index contributed by atoms with van der Waals surface area (Å²) in [5, 5.41) is 4.90. The molecular formula is C49H32N4. The molecule has 0 amide bonds. The van der Waals surface area contributed by atoms with Gasteiger partial charge in [-0.2, -0.15) is 0 Å². The third kappa shape index (κ3) is 5.54. The highest BCUT2D eigenvalue weighted by atomic mass is 15.0. The minimum absolute atomic E-state index is 0.633. The quantitative estimate of drug-likeness (QED) is 0.176. The summed E-state index contributed by atoms with van der Waals surface area (Å²) < 4.78 is 2.37. The zero-order valence-corrected chi connectivity index (χ0v) is 28.8. The van der Waals surface area contributed by atoms with Crippen LogP contribution >= 0.6 is 0 Å². The molecule has 0 radical (unpaired) electrons. The van der Waals surface area contributed by atoms with Gasteiger partial charge in [0.05, 0.1) is 11.0 Å². The fourth-order valence-corrected chi connectivity index (χ4v) is 7.45. The number of fused-ring (bicyclic) bond motifs is 5. The average Bonchev–Trinajstić information content (AvgIpc) is 3.59. The maximum Gasteiger partial charge on any atom is 0.164 e. The van der Waals surface area contributed by atoms with E-state index in [0.717, 1.165) is 33.4 Å². The van der Waals surface area contributed by atoms with Crippen LogP contribution in [0.4, 0.5) is 0 Å². The normalized spacial score (nSPS) is 11.4. The summed E-state index contributed by atoms with van der Waals surface area (Å²) in [4.78, 5) is 14.9. The number of aromatic nitrogens is 4. The molecule has 0 aliphatic heterocycles. The van der Waals surface area contributed by atoms with E-state index >= 15 is 0 Å². The van der Waals surface area contributed by atoms with Gasteiger partial charge in [0.1, 0.15) is 0 Å². The number of rotatable bonds is 6. The van der Waals surface area contributed by atoms with Crippen LogP contribution in [0, 0.1) is 0 Å². The number of hydrogen-bond donors (Lipinski definition) is 0. The number of hydrogen-bond acceptors (Lipinski definition) is 3. The van der Waals surface area contributed by atoms with Crippen molar-refractivity contribution in [1.29, 1.82) is 0 Å². The Labute approximate surface area is 307 Å². The summed E-state index contributed by atoms with van der Waals surface area (Å²) in [6.45, 7) is 0. The summed E-state index contributed by atoms with van der Waals surface area (Å²) in [5.74, 6) is 1.93. The van der Waals surface area contributed by atoms with Gasteiger partial charge in [-0.15, -0.1) is 0 Å². The van der Waals surface area contributed by atoms with Crippen LogP contribution in [-0.2, 0) is 0 Å². The molecule has 53 heavy (non-hydrogen) atoms. The lowest BCUT2D eigenvalue weighted by atomic mass is 9.96. The predicted octanol–water partition coefficient (Wildman–Crippen LogP) is 12.5. The Balaban J connectivity index is 1.12. The van der Waals surface area contributed by atoms with Crippen LogP contribution in [0.15, 0.2) is 194 Å². The van der Waals surface area contributed by atoms with Crippen molar-refractivity contribution >= 4 is 32.6 Å². The van der Waals surface area contributed by atoms with E-state index in [0.29, 0.717) is 17.5 Å². The smallest absolute Gasteiger partial charge is 0.164 e. The lowest BCUT2D eigenvalue weighted by molar-refractivity contribution is 1.07. The third-order valence-corrected chi connectivity index (χ3v) is 10.0. The summed E-state index contributed by atoms with van der Waals surface area (Å²) in [7, 11) is 0. The predicted molar refractivity (Wildman–Crippen MR) is 219 cm³/mol. The fraction of sp³-hybridized carbons (Fsp3) is 0. The summed E-state index contributed by atoms with van der Waals surface area (Å²) in [6.07, 6.45) is 0. The first-order chi connectivity index (χ1) is 26.3. The molecule has 10 aromatic rings. The minimum Gasteiger partial charge on any atom is -0.309 e. The van der Waals surface area contributed by atoms with E-state index in [9.17, 15) is 0 Å². The van der Waals surface area contributed by atoms with E-state index in [2.05, 4.69) is 138 Å². The van der Waals surface area contributed by atoms with Gasteiger partial charge in [0.2, 0.25) is 0 Å². The van der Waals surface area contributed by atoms with E-state index in [4.69, 9.17) is 15.0 Å². The number of nitrogens with zero attached hydrogens (tertiary/aromatic N) is 4. The van der Waals surface area contributed by atoms with Crippen molar-refractivity contribution in [1.82, 2.24) is 19.5 Å². The summed E-state index contributed by atoms with van der Waals surface area (Å²) >= 11 is 0. The summed E-state index contributed by atoms with van der Waals surface area (Å²) in [5.41, 5.74) is 11.0. The van der Waals surface area contributed by atoms with Crippen LogP contribution < -0.4 is 0 Å². The van der Waals surface area contributed by atoms with E-state index in [1.807, 2.05) is 60.7 Å². The van der Waals surface area contributed by atoms with Crippen molar-refractivity contribution in [2.45, 2.75) is 0 Å². The maximum absolute atomic E-state index is 5.02. The van der Waals surface area contributed by atoms with Gasteiger partial charge >= 0.3 is 0 Å². The molecule has 4 nitrogen and oxygen atoms in total. The molecule has 0 atom stereocenters. The van der Waals surface area contributed by atoms with Gasteiger partial charge in [0.15, 0.2) is 17.5 Å². The monoisotopic (exact) mass is 676 g/mol. The summed E-state index contributed by atoms with van der Waals surface area (Å²) in [6, 6.07) is 68.2. The molecule has 0 saturated heterocycles. The Hall–Kier alpha value is -7.17. The molecule has 0 fully saturated rings. The lowest BCUT2D eigenvalue weighted by Gasteiger charge is -2.12. The fourth-order valence-electron chi connectivity index (χ4n) is 7.45. The number of benzene rings is 8. The van der Waals surface area contributed by atoms with Crippen molar-refractivity contribution in [3.05, 3.63) is 194 Å². The van der Waals surface area contributed by atoms with Gasteiger partial charge < -0.3 is 4.57 Å². The lowest BCUT2D eigenvalue weighted by Crippen LogP contribution is -2.01. The van der Waals surface area contributed by atoms with Crippen LogP contribution in [-0.4, -0.2) is 19.5 Å². The standard InChI is InChI=1S/C49H32N4/c1-4-13-33(14-5-1)34-23-25-35(26-24-34)39-28-27-36-29-30-45-46(43(36)32-39)42-21-10-11-22-44(42)53(45)41-20-12-19-40(31-41)49-51-47(37-15-6-2-7-16-37)50-48(52-49)38-17-8-3-9-18-38/h1-32H. The van der Waals surface area contributed by atoms with Gasteiger partial charge in [0.25, 0.3) is 0 Å². The zero-order valence-electron chi connectivity index (χ0n) is 28.8. The van der Waals surface area contributed by atoms with Crippen LogP contribution in [0.3, 0.4) is 0 Å². The molecule has 0 bridgehead atoms. The SMILES string of the molecule is c1ccc(-c2ccc(-c3ccc4ccc5c(c4c3)c3ccccc3n5-c3cccc(-c4nc(-c5ccccc5)nc(-c5ccccc5)n4)c3)cc2)cc1. The van der Waals surface area contributed by atoms with E-state index < -0.39 is 0 Å². The van der Waals surface area contributed by atoms with Gasteiger partial charge in [0, 0.05) is 33.2 Å². The van der Waals surface area contributed by atoms with Crippen LogP contribution in [0.25, 0.3) is 94.7 Å². The minimum atomic E-state index is 0.633. The molecule has 0 N–H and O–H groups in total. The Morgan fingerprint density at radius 3 is 1.45 bits per heavy atom. The van der Waals surface area contributed by atoms with Gasteiger partial charge in [-0.1, -0.05) is 164 Å². The second kappa shape index (κ2) is 12.9. The van der Waals surface area contributed by atoms with Crippen LogP contribution in [0.5, 0.6) is 0 Å². The zero-order chi connectivity index (χ0) is 35.1. The van der Waals surface area contributed by atoms with Gasteiger partial charge in [-0.3, -0.25) is 0 Å². The second-order valence-corrected chi connectivity index (χ2v) is 13.3. The van der Waals surface area contributed by atoms with Crippen LogP contribution in [0.2, 0.25) is 0 Å². The van der Waals surface area contributed by atoms with Crippen molar-refractivity contribution < 1.29 is 0 Å². The molecule has 0 saturated carbocycles. The average molecular weight is 677 g/mol.